The normalized spacial score (nSPS) is 14.4. The first-order chi connectivity index (χ1) is 19.4. The van der Waals surface area contributed by atoms with Crippen LogP contribution < -0.4 is 15.4 Å². The summed E-state index contributed by atoms with van der Waals surface area (Å²) in [7, 11) is 0. The molecule has 7 nitrogen and oxygen atoms in total. The summed E-state index contributed by atoms with van der Waals surface area (Å²) < 4.78 is 8.89. The van der Waals surface area contributed by atoms with E-state index in [1.54, 1.807) is 11.8 Å². The molecular weight excluding hydrogens is 586 g/mol. The number of aryl methyl sites for hydroxylation is 1. The number of fused-ring (bicyclic) bond motifs is 1. The number of nitrogens with one attached hydrogen (secondary N) is 2. The van der Waals surface area contributed by atoms with Gasteiger partial charge in [0.25, 0.3) is 5.91 Å². The zero-order chi connectivity index (χ0) is 28.1. The highest BCUT2D eigenvalue weighted by Gasteiger charge is 2.34. The van der Waals surface area contributed by atoms with E-state index in [1.165, 1.54) is 0 Å². The number of thioether (sulfide) groups is 1. The van der Waals surface area contributed by atoms with Gasteiger partial charge in [-0.05, 0) is 73.4 Å². The molecule has 0 fully saturated rings. The highest BCUT2D eigenvalue weighted by atomic mass is 79.9. The van der Waals surface area contributed by atoms with Crippen molar-refractivity contribution in [1.29, 1.82) is 0 Å². The lowest BCUT2D eigenvalue weighted by Gasteiger charge is -2.28. The average Bonchev–Trinajstić information content (AvgIpc) is 3.34. The number of allylic oxidation sites excluding steroid dienone is 1. The van der Waals surface area contributed by atoms with Crippen molar-refractivity contribution in [2.75, 3.05) is 16.4 Å². The Bertz CT molecular complexity index is 1520. The highest BCUT2D eigenvalue weighted by molar-refractivity contribution is 9.10. The van der Waals surface area contributed by atoms with Gasteiger partial charge in [-0.2, -0.15) is 4.98 Å². The van der Waals surface area contributed by atoms with Crippen LogP contribution in [0.25, 0.3) is 0 Å². The SMILES string of the molecule is CCCCSc1nc2n(n1)C(c1ccc(OCc3ccc(Br)cc3)cc1)C(C(=O)Nc1cccc(C)c1)=C(C)N2. The maximum Gasteiger partial charge on any atom is 0.255 e. The van der Waals surface area contributed by atoms with Gasteiger partial charge in [0, 0.05) is 21.6 Å². The number of nitrogens with zero attached hydrogens (tertiary/aromatic N) is 3. The molecule has 0 saturated carbocycles. The van der Waals surface area contributed by atoms with Gasteiger partial charge in [-0.1, -0.05) is 77.4 Å². The summed E-state index contributed by atoms with van der Waals surface area (Å²) in [5.74, 6) is 2.14. The van der Waals surface area contributed by atoms with E-state index in [2.05, 4.69) is 33.5 Å². The molecule has 4 aromatic rings. The fraction of sp³-hybridized carbons (Fsp3) is 0.258. The summed E-state index contributed by atoms with van der Waals surface area (Å²) in [4.78, 5) is 18.5. The van der Waals surface area contributed by atoms with Crippen molar-refractivity contribution >= 4 is 45.2 Å². The minimum absolute atomic E-state index is 0.183. The van der Waals surface area contributed by atoms with Crippen LogP contribution in [-0.4, -0.2) is 26.4 Å². The van der Waals surface area contributed by atoms with Crippen molar-refractivity contribution in [2.24, 2.45) is 0 Å². The number of hydrogen-bond acceptors (Lipinski definition) is 6. The topological polar surface area (TPSA) is 81.1 Å². The number of anilines is 2. The van der Waals surface area contributed by atoms with Gasteiger partial charge < -0.3 is 15.4 Å². The first-order valence-electron chi connectivity index (χ1n) is 13.3. The summed E-state index contributed by atoms with van der Waals surface area (Å²) in [6, 6.07) is 23.3. The molecule has 1 aromatic heterocycles. The second kappa shape index (κ2) is 12.7. The Labute approximate surface area is 247 Å². The number of halogens is 1. The molecule has 3 aromatic carbocycles. The number of carbonyl (C=O) groups excluding carboxylic acids is 1. The van der Waals surface area contributed by atoms with Crippen LogP contribution in [0.4, 0.5) is 11.6 Å². The van der Waals surface area contributed by atoms with E-state index >= 15 is 0 Å². The van der Waals surface area contributed by atoms with Crippen LogP contribution in [0.3, 0.4) is 0 Å². The fourth-order valence-corrected chi connectivity index (χ4v) is 5.69. The third-order valence-corrected chi connectivity index (χ3v) is 8.05. The maximum atomic E-state index is 13.7. The monoisotopic (exact) mass is 617 g/mol. The lowest BCUT2D eigenvalue weighted by molar-refractivity contribution is -0.113. The van der Waals surface area contributed by atoms with Crippen molar-refractivity contribution < 1.29 is 9.53 Å². The summed E-state index contributed by atoms with van der Waals surface area (Å²) in [6.45, 7) is 6.55. The number of rotatable bonds is 10. The zero-order valence-electron chi connectivity index (χ0n) is 22.8. The Morgan fingerprint density at radius 1 is 1.10 bits per heavy atom. The number of hydrogen-bond donors (Lipinski definition) is 2. The second-order valence-electron chi connectivity index (χ2n) is 9.74. The smallest absolute Gasteiger partial charge is 0.255 e. The fourth-order valence-electron chi connectivity index (χ4n) is 4.52. The average molecular weight is 619 g/mol. The van der Waals surface area contributed by atoms with Crippen molar-refractivity contribution in [3.63, 3.8) is 0 Å². The Kier molecular flexibility index (Phi) is 8.91. The van der Waals surface area contributed by atoms with Crippen LogP contribution >= 0.6 is 27.7 Å². The van der Waals surface area contributed by atoms with Crippen LogP contribution in [0.1, 0.15) is 49.4 Å². The Balaban J connectivity index is 1.43. The molecule has 0 radical (unpaired) electrons. The lowest BCUT2D eigenvalue weighted by atomic mass is 9.95. The van der Waals surface area contributed by atoms with E-state index in [0.717, 1.165) is 56.9 Å². The van der Waals surface area contributed by atoms with E-state index in [9.17, 15) is 4.79 Å². The molecule has 1 aliphatic heterocycles. The lowest BCUT2D eigenvalue weighted by Crippen LogP contribution is -2.31. The molecule has 1 atom stereocenters. The quantitative estimate of drug-likeness (QED) is 0.140. The summed E-state index contributed by atoms with van der Waals surface area (Å²) >= 11 is 5.10. The first kappa shape index (κ1) is 28.0. The number of ether oxygens (including phenoxy) is 1. The van der Waals surface area contributed by atoms with Crippen LogP contribution in [0.2, 0.25) is 0 Å². The minimum atomic E-state index is -0.449. The summed E-state index contributed by atoms with van der Waals surface area (Å²) in [5, 5.41) is 11.9. The molecule has 1 unspecified atom stereocenters. The van der Waals surface area contributed by atoms with Gasteiger partial charge in [0.1, 0.15) is 18.4 Å². The van der Waals surface area contributed by atoms with Crippen molar-refractivity contribution in [3.8, 4) is 5.75 Å². The van der Waals surface area contributed by atoms with Crippen LogP contribution in [-0.2, 0) is 11.4 Å². The Hall–Kier alpha value is -3.56. The molecule has 0 spiro atoms. The van der Waals surface area contributed by atoms with Gasteiger partial charge in [0.15, 0.2) is 0 Å². The van der Waals surface area contributed by atoms with Crippen LogP contribution in [0.5, 0.6) is 5.75 Å². The molecule has 2 heterocycles. The molecule has 5 rings (SSSR count). The minimum Gasteiger partial charge on any atom is -0.489 e. The highest BCUT2D eigenvalue weighted by Crippen LogP contribution is 2.37. The van der Waals surface area contributed by atoms with E-state index < -0.39 is 6.04 Å². The molecule has 2 N–H and O–H groups in total. The largest absolute Gasteiger partial charge is 0.489 e. The van der Waals surface area contributed by atoms with E-state index in [0.29, 0.717) is 23.3 Å². The molecule has 1 amide bonds. The van der Waals surface area contributed by atoms with Crippen LogP contribution in [0.15, 0.2) is 93.7 Å². The molecule has 1 aliphatic rings. The third-order valence-electron chi connectivity index (χ3n) is 6.60. The van der Waals surface area contributed by atoms with Crippen molar-refractivity contribution in [2.45, 2.75) is 51.4 Å². The van der Waals surface area contributed by atoms with Gasteiger partial charge in [-0.25, -0.2) is 4.68 Å². The molecule has 9 heteroatoms. The van der Waals surface area contributed by atoms with Gasteiger partial charge in [0.2, 0.25) is 11.1 Å². The number of carbonyl (C=O) groups is 1. The van der Waals surface area contributed by atoms with E-state index in [1.807, 2.05) is 91.3 Å². The van der Waals surface area contributed by atoms with Gasteiger partial charge in [-0.15, -0.1) is 5.10 Å². The second-order valence-corrected chi connectivity index (χ2v) is 11.7. The molecule has 0 aliphatic carbocycles. The van der Waals surface area contributed by atoms with Gasteiger partial charge in [0.05, 0.1) is 5.57 Å². The third kappa shape index (κ3) is 6.59. The standard InChI is InChI=1S/C31H32BrN5O2S/c1-4-5-17-40-31-35-30-33-21(3)27(29(38)34-25-8-6-7-20(2)18-25)28(37(30)36-31)23-11-15-26(16-12-23)39-19-22-9-13-24(32)14-10-22/h6-16,18,28H,4-5,17,19H2,1-3H3,(H,34,38)(H,33,35,36). The molecule has 40 heavy (non-hydrogen) atoms. The zero-order valence-corrected chi connectivity index (χ0v) is 25.2. The maximum absolute atomic E-state index is 13.7. The van der Waals surface area contributed by atoms with Gasteiger partial charge >= 0.3 is 0 Å². The van der Waals surface area contributed by atoms with E-state index in [-0.39, 0.29) is 5.91 Å². The van der Waals surface area contributed by atoms with Crippen molar-refractivity contribution in [1.82, 2.24) is 14.8 Å². The van der Waals surface area contributed by atoms with Crippen molar-refractivity contribution in [3.05, 3.63) is 105 Å². The molecular formula is C31H32BrN5O2S. The summed E-state index contributed by atoms with van der Waals surface area (Å²) in [6.07, 6.45) is 2.20. The molecule has 206 valence electrons. The number of amides is 1. The molecule has 0 saturated heterocycles. The van der Waals surface area contributed by atoms with E-state index in [4.69, 9.17) is 14.8 Å². The van der Waals surface area contributed by atoms with Gasteiger partial charge in [-0.3, -0.25) is 4.79 Å². The predicted molar refractivity (Wildman–Crippen MR) is 165 cm³/mol. The Morgan fingerprint density at radius 3 is 2.60 bits per heavy atom. The Morgan fingerprint density at radius 2 is 1.88 bits per heavy atom. The number of unbranched alkanes of at least 4 members (excludes halogenated alkanes) is 1. The summed E-state index contributed by atoms with van der Waals surface area (Å²) in [5.41, 5.74) is 5.17. The number of aromatic nitrogens is 3. The first-order valence-corrected chi connectivity index (χ1v) is 15.1. The van der Waals surface area contributed by atoms with Crippen LogP contribution in [0, 0.1) is 6.92 Å². The number of benzene rings is 3. The predicted octanol–water partition coefficient (Wildman–Crippen LogP) is 7.75. The molecule has 0 bridgehead atoms.